The summed E-state index contributed by atoms with van der Waals surface area (Å²) in [5.74, 6) is 0. The topological polar surface area (TPSA) is 0 Å². The van der Waals surface area contributed by atoms with Crippen LogP contribution >= 0.6 is 0 Å². The molecule has 0 N–H and O–H groups in total. The van der Waals surface area contributed by atoms with Crippen LogP contribution in [0.5, 0.6) is 0 Å². The summed E-state index contributed by atoms with van der Waals surface area (Å²) in [6, 6.07) is 0. The van der Waals surface area contributed by atoms with Crippen molar-refractivity contribution in [1.82, 2.24) is 0 Å². The van der Waals surface area contributed by atoms with Crippen molar-refractivity contribution in [2.24, 2.45) is 0 Å². The van der Waals surface area contributed by atoms with Crippen molar-refractivity contribution in [2.75, 3.05) is 0 Å². The smallest absolute Gasteiger partial charge is 0 e. The van der Waals surface area contributed by atoms with E-state index in [1.807, 2.05) is 0 Å². The summed E-state index contributed by atoms with van der Waals surface area (Å²) >= 11 is 0. The molecule has 0 amide bonds. The molecule has 0 aromatic carbocycles. The van der Waals surface area contributed by atoms with Crippen LogP contribution in [0.1, 0.15) is 0 Å². The molecule has 4 heavy (non-hydrogen) atoms. The first-order valence-corrected chi connectivity index (χ1v) is 0. The maximum absolute atomic E-state index is 0. The summed E-state index contributed by atoms with van der Waals surface area (Å²) < 4.78 is 0. The number of halogens is 3. The van der Waals surface area contributed by atoms with E-state index >= 15 is 0 Å². The maximum atomic E-state index is 0. The van der Waals surface area contributed by atoms with Crippen LogP contribution in [-0.4, -0.2) is 51.4 Å². The van der Waals surface area contributed by atoms with Gasteiger partial charge in [0.2, 0.25) is 0 Å². The van der Waals surface area contributed by atoms with Gasteiger partial charge in [0.25, 0.3) is 0 Å². The van der Waals surface area contributed by atoms with Crippen molar-refractivity contribution in [3.05, 3.63) is 0 Å². The van der Waals surface area contributed by atoms with Crippen molar-refractivity contribution in [2.45, 2.75) is 0 Å². The minimum atomic E-state index is 0. The van der Waals surface area contributed by atoms with Gasteiger partial charge in [-0.2, -0.15) is 0 Å². The Labute approximate surface area is 64.5 Å². The predicted molar refractivity (Wildman–Crippen MR) is 13.3 cm³/mol. The largest absolute Gasteiger partial charge is 0.269 e. The van der Waals surface area contributed by atoms with Crippen LogP contribution < -0.4 is 0 Å². The van der Waals surface area contributed by atoms with Gasteiger partial charge in [0, 0.05) is 51.4 Å². The molecule has 0 fully saturated rings. The molecular formula is H3F3K. The number of hydrogen-bond donors (Lipinski definition) is 0. The van der Waals surface area contributed by atoms with Gasteiger partial charge in [-0.25, -0.2) is 0 Å². The van der Waals surface area contributed by atoms with Crippen LogP contribution in [0, 0.1) is 0 Å². The summed E-state index contributed by atoms with van der Waals surface area (Å²) in [6.07, 6.45) is 0. The van der Waals surface area contributed by atoms with Gasteiger partial charge in [0.05, 0.1) is 0 Å². The van der Waals surface area contributed by atoms with Crippen LogP contribution in [0.3, 0.4) is 0 Å². The van der Waals surface area contributed by atoms with Gasteiger partial charge in [-0.3, -0.25) is 14.1 Å². The molecule has 0 atom stereocenters. The zero-order valence-corrected chi connectivity index (χ0v) is 5.35. The molecule has 25 valence electrons. The van der Waals surface area contributed by atoms with Crippen molar-refractivity contribution in [3.63, 3.8) is 0 Å². The monoisotopic (exact) mass is 99.0 g/mol. The summed E-state index contributed by atoms with van der Waals surface area (Å²) in [5.41, 5.74) is 0. The first kappa shape index (κ1) is 52.3. The van der Waals surface area contributed by atoms with Crippen molar-refractivity contribution in [1.29, 1.82) is 0 Å². The quantitative estimate of drug-likeness (QED) is 0.377. The van der Waals surface area contributed by atoms with E-state index in [0.717, 1.165) is 0 Å². The van der Waals surface area contributed by atoms with Crippen molar-refractivity contribution >= 4 is 51.4 Å². The first-order valence-electron chi connectivity index (χ1n) is 0. The second kappa shape index (κ2) is 25.5. The Morgan fingerprint density at radius 3 is 0.500 bits per heavy atom. The molecule has 0 aliphatic rings. The molecule has 0 nitrogen and oxygen atoms in total. The van der Waals surface area contributed by atoms with E-state index in [9.17, 15) is 0 Å². The van der Waals surface area contributed by atoms with Crippen LogP contribution in [0.15, 0.2) is 0 Å². The van der Waals surface area contributed by atoms with Gasteiger partial charge >= 0.3 is 0 Å². The van der Waals surface area contributed by atoms with Crippen molar-refractivity contribution in [3.8, 4) is 0 Å². The fourth-order valence-electron chi connectivity index (χ4n) is 0. The SMILES string of the molecule is F.F.F.[K]. The van der Waals surface area contributed by atoms with Gasteiger partial charge in [-0.05, 0) is 0 Å². The summed E-state index contributed by atoms with van der Waals surface area (Å²) in [6.45, 7) is 0. The van der Waals surface area contributed by atoms with Gasteiger partial charge < -0.3 is 0 Å². The number of rotatable bonds is 0. The van der Waals surface area contributed by atoms with E-state index < -0.39 is 0 Å². The van der Waals surface area contributed by atoms with Gasteiger partial charge in [-0.1, -0.05) is 0 Å². The molecule has 0 aliphatic heterocycles. The van der Waals surface area contributed by atoms with E-state index in [0.29, 0.717) is 0 Å². The Kier molecular flexibility index (Phi) is 334. The van der Waals surface area contributed by atoms with E-state index in [2.05, 4.69) is 0 Å². The first-order chi connectivity index (χ1) is 0. The van der Waals surface area contributed by atoms with Crippen LogP contribution in [-0.2, 0) is 0 Å². The predicted octanol–water partition coefficient (Wildman–Crippen LogP) is 0.0767. The molecule has 0 bridgehead atoms. The zero-order valence-electron chi connectivity index (χ0n) is 2.22. The molecule has 0 heterocycles. The molecule has 0 unspecified atom stereocenters. The molecule has 1 radical (unpaired) electrons. The Hall–Kier alpha value is 1.43. The minimum Gasteiger partial charge on any atom is -0.269 e. The van der Waals surface area contributed by atoms with Crippen LogP contribution in [0.2, 0.25) is 0 Å². The fourth-order valence-corrected chi connectivity index (χ4v) is 0. The van der Waals surface area contributed by atoms with E-state index in [1.165, 1.54) is 0 Å². The fraction of sp³-hybridized carbons (Fsp3) is 0. The third-order valence-corrected chi connectivity index (χ3v) is 0. The molecule has 0 saturated heterocycles. The molecule has 4 heteroatoms. The standard InChI is InChI=1S/3FH.K/h3*1H;. The van der Waals surface area contributed by atoms with Gasteiger partial charge in [0.1, 0.15) is 0 Å². The molecular weight excluding hydrogens is 96.1 g/mol. The van der Waals surface area contributed by atoms with E-state index in [-0.39, 0.29) is 65.5 Å². The summed E-state index contributed by atoms with van der Waals surface area (Å²) in [7, 11) is 0. The normalized spacial score (nSPS) is 0. The second-order valence-electron chi connectivity index (χ2n) is 0. The molecule has 0 aromatic heterocycles. The molecule has 0 spiro atoms. The van der Waals surface area contributed by atoms with Crippen LogP contribution in [0.4, 0.5) is 14.1 Å². The molecule has 0 saturated carbocycles. The third kappa shape index (κ3) is 9.91. The average molecular weight is 99.1 g/mol. The maximum Gasteiger partial charge on any atom is 0 e. The average Bonchev–Trinajstić information content (AvgIpc) is 0. The Bertz CT molecular complexity index is 3.25. The third-order valence-electron chi connectivity index (χ3n) is 0. The zero-order chi connectivity index (χ0) is 0. The summed E-state index contributed by atoms with van der Waals surface area (Å²) in [5, 5.41) is 0. The van der Waals surface area contributed by atoms with Crippen LogP contribution in [0.25, 0.3) is 0 Å². The number of hydrogen-bond acceptors (Lipinski definition) is 0. The van der Waals surface area contributed by atoms with E-state index in [1.54, 1.807) is 0 Å². The molecule has 0 rings (SSSR count). The Morgan fingerprint density at radius 1 is 0.500 bits per heavy atom. The summed E-state index contributed by atoms with van der Waals surface area (Å²) in [4.78, 5) is 0. The Balaban J connectivity index is 0. The minimum absolute atomic E-state index is 0. The molecule has 0 aromatic rings. The second-order valence-corrected chi connectivity index (χ2v) is 0. The van der Waals surface area contributed by atoms with Gasteiger partial charge in [-0.15, -0.1) is 0 Å². The molecule has 0 aliphatic carbocycles. The van der Waals surface area contributed by atoms with Gasteiger partial charge in [0.15, 0.2) is 0 Å². The van der Waals surface area contributed by atoms with Crippen molar-refractivity contribution < 1.29 is 14.1 Å². The Morgan fingerprint density at radius 2 is 0.500 bits per heavy atom. The van der Waals surface area contributed by atoms with E-state index in [4.69, 9.17) is 0 Å².